The average molecular weight is 1030 g/mol. The Morgan fingerprint density at radius 2 is 1.54 bits per heavy atom. The van der Waals surface area contributed by atoms with E-state index in [2.05, 4.69) is 26.2 Å². The second-order valence-corrected chi connectivity index (χ2v) is 22.4. The van der Waals surface area contributed by atoms with Crippen LogP contribution in [0.3, 0.4) is 0 Å². The summed E-state index contributed by atoms with van der Waals surface area (Å²) in [6.45, 7) is 3.78. The van der Waals surface area contributed by atoms with Gasteiger partial charge >= 0.3 is 5.69 Å². The van der Waals surface area contributed by atoms with E-state index >= 15 is 4.39 Å². The molecule has 2 aliphatic carbocycles. The number of amides is 5. The maximum Gasteiger partial charge on any atom is 0.329 e. The van der Waals surface area contributed by atoms with Gasteiger partial charge in [0, 0.05) is 80.3 Å². The molecular weight excluding hydrogens is 963 g/mol. The number of imide groups is 1. The second-order valence-electron chi connectivity index (χ2n) is 21.5. The molecule has 18 heteroatoms. The fourth-order valence-corrected chi connectivity index (χ4v) is 14.3. The molecular formula is C54H63Cl2FN8O7. The lowest BCUT2D eigenvalue weighted by molar-refractivity contribution is -0.141. The van der Waals surface area contributed by atoms with Gasteiger partial charge in [-0.15, -0.1) is 0 Å². The normalized spacial score (nSPS) is 28.1. The fourth-order valence-electron chi connectivity index (χ4n) is 13.9. The average Bonchev–Trinajstić information content (AvgIpc) is 3.93. The van der Waals surface area contributed by atoms with E-state index in [9.17, 15) is 28.8 Å². The van der Waals surface area contributed by atoms with Crippen LogP contribution in [0.1, 0.15) is 125 Å². The van der Waals surface area contributed by atoms with Gasteiger partial charge in [-0.05, 0) is 118 Å². The molecule has 1 aromatic heterocycles. The number of aromatic nitrogens is 2. The van der Waals surface area contributed by atoms with Crippen LogP contribution in [0.5, 0.6) is 0 Å². The van der Waals surface area contributed by atoms with Crippen LogP contribution in [0.15, 0.2) is 59.4 Å². The van der Waals surface area contributed by atoms with Gasteiger partial charge in [0.1, 0.15) is 17.3 Å². The van der Waals surface area contributed by atoms with Crippen LogP contribution in [0.25, 0.3) is 11.0 Å². The third-order valence-electron chi connectivity index (χ3n) is 17.5. The maximum absolute atomic E-state index is 16.4. The minimum Gasteiger partial charge on any atom is -0.375 e. The lowest BCUT2D eigenvalue weighted by Crippen LogP contribution is -2.60. The molecule has 7 aliphatic rings. The van der Waals surface area contributed by atoms with Crippen LogP contribution in [-0.4, -0.2) is 104 Å². The molecule has 0 bridgehead atoms. The number of hydrogen-bond donors (Lipinski definition) is 4. The van der Waals surface area contributed by atoms with Crippen molar-refractivity contribution in [1.29, 1.82) is 0 Å². The molecule has 11 rings (SSSR count). The number of rotatable bonds is 9. The highest BCUT2D eigenvalue weighted by molar-refractivity contribution is 6.31. The Kier molecular flexibility index (Phi) is 13.4. The van der Waals surface area contributed by atoms with Crippen molar-refractivity contribution in [3.8, 4) is 0 Å². The van der Waals surface area contributed by atoms with Crippen molar-refractivity contribution in [1.82, 2.24) is 34.9 Å². The zero-order valence-corrected chi connectivity index (χ0v) is 42.2. The molecule has 2 saturated carbocycles. The molecule has 3 aromatic carbocycles. The summed E-state index contributed by atoms with van der Waals surface area (Å²) in [6.07, 6.45) is 10.7. The third-order valence-corrected chi connectivity index (χ3v) is 18.0. The van der Waals surface area contributed by atoms with Gasteiger partial charge in [0.15, 0.2) is 0 Å². The summed E-state index contributed by atoms with van der Waals surface area (Å²) >= 11 is 12.9. The molecule has 1 unspecified atom stereocenters. The zero-order chi connectivity index (χ0) is 50.1. The van der Waals surface area contributed by atoms with E-state index in [1.807, 2.05) is 29.2 Å². The first-order chi connectivity index (χ1) is 34.7. The smallest absolute Gasteiger partial charge is 0.329 e. The molecule has 5 amide bonds. The van der Waals surface area contributed by atoms with E-state index in [-0.39, 0.29) is 70.5 Å². The van der Waals surface area contributed by atoms with Crippen molar-refractivity contribution in [3.05, 3.63) is 97.6 Å². The van der Waals surface area contributed by atoms with Crippen LogP contribution < -0.4 is 27.0 Å². The largest absolute Gasteiger partial charge is 0.375 e. The van der Waals surface area contributed by atoms with Crippen LogP contribution in [0, 0.1) is 11.7 Å². The van der Waals surface area contributed by atoms with E-state index in [4.69, 9.17) is 27.9 Å². The quantitative estimate of drug-likeness (QED) is 0.132. The van der Waals surface area contributed by atoms with Gasteiger partial charge in [-0.25, -0.2) is 9.18 Å². The van der Waals surface area contributed by atoms with Crippen molar-refractivity contribution >= 4 is 69.5 Å². The van der Waals surface area contributed by atoms with Gasteiger partial charge in [-0.3, -0.25) is 48.6 Å². The summed E-state index contributed by atoms with van der Waals surface area (Å²) in [5.74, 6) is -2.82. The highest BCUT2D eigenvalue weighted by Gasteiger charge is 2.72. The van der Waals surface area contributed by atoms with Gasteiger partial charge in [-0.2, -0.15) is 0 Å². The number of piperidine rings is 3. The van der Waals surface area contributed by atoms with E-state index < -0.39 is 40.7 Å². The fraction of sp³-hybridized carbons (Fsp3) is 0.556. The summed E-state index contributed by atoms with van der Waals surface area (Å²) in [7, 11) is 1.71. The number of halogens is 3. The lowest BCUT2D eigenvalue weighted by Gasteiger charge is -2.47. The number of imidazole rings is 1. The molecule has 4 atom stereocenters. The van der Waals surface area contributed by atoms with Gasteiger partial charge in [0.2, 0.25) is 29.5 Å². The standard InChI is InChI=1S/C54H63Cl2FN8O7/c1-62-43-28-31(8-15-41(43)65(52(62)71)42-16-17-44(66)60-48(42)67)30-63-24-18-35(19-25-63)72-36-20-26-64(27-21-36)50(69)32-9-12-34(13-10-32)58-49(68)47-45(37-6-5-7-39(56)46(37)57)54(53(61-47)22-3-2-4-23-53)38-14-11-33(55)29-40(38)59-51(54)70/h5-8,11,14-15,28-29,32,34-36,42,45,47,61H,2-4,9-10,12-13,16-27,30H2,1H3,(H,58,68)(H,59,70)(H,60,66,67)/t32-,34-,42?,45-,47+,54+/m0/s1. The number of aryl methyl sites for hydroxylation is 1. The Balaban J connectivity index is 0.671. The Morgan fingerprint density at radius 3 is 2.26 bits per heavy atom. The summed E-state index contributed by atoms with van der Waals surface area (Å²) in [5.41, 5.74) is 1.63. The first-order valence-corrected chi connectivity index (χ1v) is 26.8. The Morgan fingerprint density at radius 1 is 0.819 bits per heavy atom. The molecule has 4 saturated heterocycles. The number of carbonyl (C=O) groups is 5. The van der Waals surface area contributed by atoms with Crippen molar-refractivity contribution in [2.24, 2.45) is 13.0 Å². The molecule has 5 aliphatic heterocycles. The zero-order valence-electron chi connectivity index (χ0n) is 40.7. The molecule has 4 N–H and O–H groups in total. The summed E-state index contributed by atoms with van der Waals surface area (Å²) < 4.78 is 26.1. The number of fused-ring (bicyclic) bond motifs is 4. The lowest BCUT2D eigenvalue weighted by atomic mass is 9.55. The van der Waals surface area contributed by atoms with Crippen LogP contribution in [-0.2, 0) is 47.7 Å². The van der Waals surface area contributed by atoms with Crippen LogP contribution >= 0.6 is 23.2 Å². The first-order valence-electron chi connectivity index (χ1n) is 26.1. The third kappa shape index (κ3) is 8.56. The number of benzene rings is 3. The van der Waals surface area contributed by atoms with E-state index in [0.29, 0.717) is 79.8 Å². The molecule has 15 nitrogen and oxygen atoms in total. The molecule has 6 heterocycles. The van der Waals surface area contributed by atoms with Gasteiger partial charge in [0.25, 0.3) is 0 Å². The molecule has 2 spiro atoms. The minimum absolute atomic E-state index is 0.0681. The van der Waals surface area contributed by atoms with Gasteiger partial charge in [-0.1, -0.05) is 66.7 Å². The number of anilines is 1. The van der Waals surface area contributed by atoms with Crippen molar-refractivity contribution < 1.29 is 33.1 Å². The Labute approximate surface area is 427 Å². The highest BCUT2D eigenvalue weighted by atomic mass is 35.5. The van der Waals surface area contributed by atoms with Crippen LogP contribution in [0.4, 0.5) is 10.1 Å². The molecule has 4 aromatic rings. The Hall–Kier alpha value is -5.13. The molecule has 6 fully saturated rings. The number of nitrogens with one attached hydrogen (secondary N) is 4. The van der Waals surface area contributed by atoms with Crippen LogP contribution in [0.2, 0.25) is 10.0 Å². The van der Waals surface area contributed by atoms with Crippen molar-refractivity contribution in [2.45, 2.75) is 150 Å². The second kappa shape index (κ2) is 19.6. The SMILES string of the molecule is Cn1c(=O)n(C2CCC(=O)NC2=O)c2ccc(CN3CCC(OC4CCN(C(=O)[C@H]5CC[C@H](NC(=O)[C@@H]6NC7(CCCCC7)[C@@]7(C(=O)Nc8cc(Cl)ccc87)[C@H]6c6cccc(Cl)c6F)CC5)CC4)CC3)cc21. The summed E-state index contributed by atoms with van der Waals surface area (Å²) in [6, 6.07) is 14.3. The summed E-state index contributed by atoms with van der Waals surface area (Å²) in [5, 5.41) is 12.9. The van der Waals surface area contributed by atoms with Gasteiger partial charge in [0.05, 0.1) is 34.3 Å². The number of ether oxygens (including phenoxy) is 1. The van der Waals surface area contributed by atoms with Gasteiger partial charge < -0.3 is 20.3 Å². The molecule has 382 valence electrons. The number of carbonyl (C=O) groups excluding carboxylic acids is 5. The number of nitrogens with zero attached hydrogens (tertiary/aromatic N) is 4. The van der Waals surface area contributed by atoms with E-state index in [0.717, 1.165) is 75.7 Å². The van der Waals surface area contributed by atoms with Crippen molar-refractivity contribution in [2.75, 3.05) is 31.5 Å². The van der Waals surface area contributed by atoms with Crippen molar-refractivity contribution in [3.63, 3.8) is 0 Å². The highest BCUT2D eigenvalue weighted by Crippen LogP contribution is 2.63. The van der Waals surface area contributed by atoms with E-state index in [1.54, 1.807) is 35.9 Å². The molecule has 0 radical (unpaired) electrons. The first kappa shape index (κ1) is 49.1. The van der Waals surface area contributed by atoms with E-state index in [1.165, 1.54) is 10.6 Å². The predicted octanol–water partition coefficient (Wildman–Crippen LogP) is 6.76. The number of likely N-dealkylation sites (tertiary alicyclic amines) is 2. The Bertz CT molecular complexity index is 2880. The monoisotopic (exact) mass is 1020 g/mol. The topological polar surface area (TPSA) is 176 Å². The maximum atomic E-state index is 16.4. The predicted molar refractivity (Wildman–Crippen MR) is 270 cm³/mol. The summed E-state index contributed by atoms with van der Waals surface area (Å²) in [4.78, 5) is 85.5. The number of hydrogen-bond acceptors (Lipinski definition) is 9. The minimum atomic E-state index is -1.30. The molecule has 72 heavy (non-hydrogen) atoms.